The summed E-state index contributed by atoms with van der Waals surface area (Å²) in [5.74, 6) is -23.4. The average Bonchev–Trinajstić information content (AvgIpc) is 0.751. The molecule has 7 aliphatic rings. The maximum Gasteiger partial charge on any atom is 0.303 e. The Morgan fingerprint density at radius 2 is 0.373 bits per heavy atom. The van der Waals surface area contributed by atoms with Gasteiger partial charge in [0.05, 0.1) is 26.4 Å². The number of alkyl halides is 1. The van der Waals surface area contributed by atoms with Gasteiger partial charge >= 0.3 is 119 Å². The third-order valence-electron chi connectivity index (χ3n) is 19.2. The van der Waals surface area contributed by atoms with Crippen LogP contribution in [0.1, 0.15) is 138 Å². The number of halogens is 1. The minimum atomic E-state index is -2.76. The smallest absolute Gasteiger partial charge is 0.303 e. The molecule has 0 bridgehead atoms. The highest BCUT2D eigenvalue weighted by Gasteiger charge is 2.64. The Bertz CT molecular complexity index is 4210. The summed E-state index contributed by atoms with van der Waals surface area (Å²) in [6, 6.07) is 0. The molecule has 7 heterocycles. The lowest BCUT2D eigenvalue weighted by molar-refractivity contribution is -0.396. The maximum atomic E-state index is 16.5. The molecule has 134 heavy (non-hydrogen) atoms. The van der Waals surface area contributed by atoms with Crippen LogP contribution in [-0.4, -0.2) is 368 Å². The summed E-state index contributed by atoms with van der Waals surface area (Å²) in [5, 5.41) is 0. The Kier molecular flexibility index (Phi) is 41.3. The zero-order chi connectivity index (χ0) is 99.9. The lowest BCUT2D eigenvalue weighted by Crippen LogP contribution is -2.70. The minimum absolute atomic E-state index is 0.755. The van der Waals surface area contributed by atoms with Crippen molar-refractivity contribution in [1.82, 2.24) is 0 Å². The van der Waals surface area contributed by atoms with E-state index in [1.807, 2.05) is 0 Å². The Labute approximate surface area is 761 Å². The third-order valence-corrected chi connectivity index (χ3v) is 19.2. The topological polar surface area (TPSA) is 646 Å². The molecule has 33 atom stereocenters. The average molecular weight is 1940 g/mol. The van der Waals surface area contributed by atoms with E-state index in [4.69, 9.17) is 156 Å². The van der Waals surface area contributed by atoms with Crippen LogP contribution in [0.15, 0.2) is 0 Å². The van der Waals surface area contributed by atoms with Crippen LogP contribution in [0.3, 0.4) is 0 Å². The monoisotopic (exact) mass is 1930 g/mol. The zero-order valence-electron chi connectivity index (χ0n) is 76.0. The first-order valence-corrected chi connectivity index (χ1v) is 41.1. The predicted molar refractivity (Wildman–Crippen MR) is 410 cm³/mol. The highest BCUT2D eigenvalue weighted by molar-refractivity contribution is 5.74. The quantitative estimate of drug-likeness (QED) is 0.0454. The summed E-state index contributed by atoms with van der Waals surface area (Å²) in [7, 11) is 0. The van der Waals surface area contributed by atoms with E-state index in [1.165, 1.54) is 0 Å². The molecule has 7 fully saturated rings. The number of carbonyl (C=O) groups is 20. The van der Waals surface area contributed by atoms with Crippen molar-refractivity contribution >= 4 is 119 Å². The molecular formula is C80H107FO53. The van der Waals surface area contributed by atoms with Gasteiger partial charge in [-0.15, -0.1) is 0 Å². The fraction of sp³-hybridized carbons (Fsp3) is 0.750. The van der Waals surface area contributed by atoms with E-state index >= 15 is 4.39 Å². The van der Waals surface area contributed by atoms with E-state index in [-0.39, 0.29) is 0 Å². The molecule has 0 spiro atoms. The van der Waals surface area contributed by atoms with Crippen LogP contribution in [0, 0.1) is 0 Å². The first-order chi connectivity index (χ1) is 62.8. The van der Waals surface area contributed by atoms with Crippen molar-refractivity contribution in [3.05, 3.63) is 0 Å². The Balaban J connectivity index is 1.53. The van der Waals surface area contributed by atoms with Gasteiger partial charge in [-0.1, -0.05) is 0 Å². The molecule has 7 rings (SSSR count). The second-order valence-electron chi connectivity index (χ2n) is 30.5. The van der Waals surface area contributed by atoms with Crippen LogP contribution in [0.25, 0.3) is 0 Å². The van der Waals surface area contributed by atoms with E-state index in [0.29, 0.717) is 0 Å². The molecule has 0 aromatic rings. The molecule has 0 aromatic carbocycles. The van der Waals surface area contributed by atoms with Crippen LogP contribution in [0.5, 0.6) is 0 Å². The number of rotatable bonds is 37. The van der Waals surface area contributed by atoms with Crippen molar-refractivity contribution in [2.24, 2.45) is 0 Å². The summed E-state index contributed by atoms with van der Waals surface area (Å²) in [4.78, 5) is 265. The highest BCUT2D eigenvalue weighted by atomic mass is 19.1. The van der Waals surface area contributed by atoms with Gasteiger partial charge < -0.3 is 156 Å². The summed E-state index contributed by atoms with van der Waals surface area (Å²) < 4.78 is 212. The van der Waals surface area contributed by atoms with Gasteiger partial charge in [0.2, 0.25) is 6.36 Å². The van der Waals surface area contributed by atoms with Gasteiger partial charge in [-0.2, -0.15) is 0 Å². The molecule has 0 saturated carbocycles. The number of carbonyl (C=O) groups excluding carboxylic acids is 20. The fourth-order valence-corrected chi connectivity index (χ4v) is 15.0. The van der Waals surface area contributed by atoms with Gasteiger partial charge in [-0.05, 0) is 0 Å². The van der Waals surface area contributed by atoms with Gasteiger partial charge in [0, 0.05) is 138 Å². The van der Waals surface area contributed by atoms with Crippen LogP contribution in [0.2, 0.25) is 0 Å². The van der Waals surface area contributed by atoms with Crippen molar-refractivity contribution in [2.45, 2.75) is 341 Å². The Hall–Kier alpha value is -11.2. The van der Waals surface area contributed by atoms with Gasteiger partial charge in [0.1, 0.15) is 74.8 Å². The van der Waals surface area contributed by atoms with E-state index in [1.54, 1.807) is 0 Å². The van der Waals surface area contributed by atoms with Crippen molar-refractivity contribution in [1.29, 1.82) is 0 Å². The molecule has 0 N–H and O–H groups in total. The number of ether oxygens (including phenoxy) is 33. The summed E-state index contributed by atoms with van der Waals surface area (Å²) in [6.45, 7) is 10.1. The SMILES string of the molecule is CC(=O)OC[C@H]1O[C@@H](O[C@H]2[C@H](OC(C)=O)[C@@H](OC(C)=O)[C@H](O[C@H]3[C@H](OC(C)=O)[C@@H](OC(C)=O)[C@H](O[C@H]4[C@H](OC(C)=O)[C@@H](OC(C)=O)[C@H](O[C@H]5[C@H](OC(C)=O)[C@@H](OC(C)=O)[C@@H](F)O[C@@H]5COC(C)=O)O[C@@H]4CO[C@H]4OC[C@@H](OC(C)=O)[C@H](OC(C)=O)[C@H]4OC(C)=O)O[C@@H]3CO[C@H]3OC[C@@H](OC(C)=O)[C@H](OC(C)=O)[C@H]3OC(C)=O)O[C@@H]2COC(C)=O)[C@H](OC(C)=O)[C@@H](OC(C)=O)[C@H]1OC(C)=O. The Morgan fingerprint density at radius 1 is 0.194 bits per heavy atom. The maximum absolute atomic E-state index is 16.5. The number of esters is 20. The summed E-state index contributed by atoms with van der Waals surface area (Å²) >= 11 is 0. The third kappa shape index (κ3) is 32.3. The largest absolute Gasteiger partial charge is 0.463 e. The standard InChI is InChI=1S/C80H107FO53/c1-28(82)102-21-50-56(62(114-36(9)90)67(74(81)126-50)119-41(14)95)131-79-72(124-46(19)100)65(117-39(12)93)59(53(129-79)26-107-75-68(120-42(15)96)60(112-34(7)88)48(24-105-75)109-31(4)85)134-80-73(125-47(20)101)66(118-40(13)94)58(54(130-80)27-108-76-69(121-43(16)97)61(113-35(8)89)49(25-106-76)110-32(5)86)133-78-71(123-45(18)99)64(116-38(11)92)57(52(128-78)23-104-30(3)84)132-77-70(122-44(17)98)63(115-37(10)91)55(111-33(6)87)51(127-77)22-103-29(2)83/h48-80H,21-27H2,1-20H3/t48-,49-,50-,51-,52-,53-,54-,55+,56-,57-,58-,59-,60+,61+,62+,63+,64+,65+,66+,67-,68-,69-,70-,71-,72-,73-,74+,75-,76-,77+,78+,79+,80+/m1/s1. The van der Waals surface area contributed by atoms with E-state index in [2.05, 4.69) is 0 Å². The predicted octanol–water partition coefficient (Wildman–Crippen LogP) is -2.60. The molecular weight excluding hydrogens is 1830 g/mol. The minimum Gasteiger partial charge on any atom is -0.463 e. The molecule has 0 amide bonds. The second kappa shape index (κ2) is 50.4. The fourth-order valence-electron chi connectivity index (χ4n) is 15.0. The molecule has 0 radical (unpaired) electrons. The van der Waals surface area contributed by atoms with Crippen LogP contribution >= 0.6 is 0 Å². The normalized spacial score (nSPS) is 33.8. The molecule has 53 nitrogen and oxygen atoms in total. The molecule has 0 unspecified atom stereocenters. The summed E-state index contributed by atoms with van der Waals surface area (Å²) in [6.07, 6.45) is -72.6. The highest BCUT2D eigenvalue weighted by Crippen LogP contribution is 2.43. The van der Waals surface area contributed by atoms with E-state index in [0.717, 1.165) is 138 Å². The van der Waals surface area contributed by atoms with Crippen molar-refractivity contribution < 1.29 is 257 Å². The Morgan fingerprint density at radius 3 is 0.612 bits per heavy atom. The van der Waals surface area contributed by atoms with E-state index in [9.17, 15) is 95.9 Å². The first kappa shape index (κ1) is 110. The number of hydrogen-bond acceptors (Lipinski definition) is 53. The number of hydrogen-bond donors (Lipinski definition) is 0. The first-order valence-electron chi connectivity index (χ1n) is 41.1. The lowest BCUT2D eigenvalue weighted by Gasteiger charge is -2.52. The van der Waals surface area contributed by atoms with Gasteiger partial charge in [0.15, 0.2) is 142 Å². The molecule has 0 aliphatic carbocycles. The van der Waals surface area contributed by atoms with Crippen molar-refractivity contribution in [3.63, 3.8) is 0 Å². The second-order valence-corrected chi connectivity index (χ2v) is 30.5. The summed E-state index contributed by atoms with van der Waals surface area (Å²) in [5.41, 5.74) is 0. The zero-order valence-corrected chi connectivity index (χ0v) is 76.0. The van der Waals surface area contributed by atoms with Crippen molar-refractivity contribution in [3.8, 4) is 0 Å². The molecule has 752 valence electrons. The van der Waals surface area contributed by atoms with Gasteiger partial charge in [0.25, 0.3) is 0 Å². The molecule has 7 aliphatic heterocycles. The molecule has 7 saturated heterocycles. The van der Waals surface area contributed by atoms with Crippen LogP contribution < -0.4 is 0 Å². The van der Waals surface area contributed by atoms with E-state index < -0.39 is 368 Å². The molecule has 0 aromatic heterocycles. The van der Waals surface area contributed by atoms with Gasteiger partial charge in [-0.3, -0.25) is 95.9 Å². The van der Waals surface area contributed by atoms with Gasteiger partial charge in [-0.25, -0.2) is 4.39 Å². The molecule has 54 heteroatoms. The van der Waals surface area contributed by atoms with Crippen LogP contribution in [0.4, 0.5) is 4.39 Å². The van der Waals surface area contributed by atoms with Crippen molar-refractivity contribution in [2.75, 3.05) is 46.2 Å². The van der Waals surface area contributed by atoms with Crippen LogP contribution in [-0.2, 0) is 252 Å². The lowest BCUT2D eigenvalue weighted by atomic mass is 9.94.